The van der Waals surface area contributed by atoms with Gasteiger partial charge in [0.2, 0.25) is 5.28 Å². The summed E-state index contributed by atoms with van der Waals surface area (Å²) >= 11 is 11.5. The van der Waals surface area contributed by atoms with E-state index < -0.39 is 0 Å². The largest absolute Gasteiger partial charge is 0.269 e. The number of hydrogen-bond donors (Lipinski definition) is 0. The Balaban J connectivity index is 1.93. The molecule has 100 valence electrons. The van der Waals surface area contributed by atoms with Crippen molar-refractivity contribution >= 4 is 35.0 Å². The number of imide groups is 1. The van der Waals surface area contributed by atoms with Crippen LogP contribution in [0.15, 0.2) is 30.3 Å². The fourth-order valence-electron chi connectivity index (χ4n) is 2.06. The highest BCUT2D eigenvalue weighted by atomic mass is 35.5. The van der Waals surface area contributed by atoms with Crippen LogP contribution in [-0.4, -0.2) is 26.7 Å². The molecule has 0 spiro atoms. The van der Waals surface area contributed by atoms with E-state index in [0.717, 1.165) is 4.90 Å². The Morgan fingerprint density at radius 2 is 1.60 bits per heavy atom. The second-order valence-corrected chi connectivity index (χ2v) is 4.92. The lowest BCUT2D eigenvalue weighted by molar-refractivity contribution is 0.0640. The van der Waals surface area contributed by atoms with Gasteiger partial charge < -0.3 is 0 Å². The first-order chi connectivity index (χ1) is 9.56. The van der Waals surface area contributed by atoms with Gasteiger partial charge in [0.1, 0.15) is 5.15 Å². The number of hydrogen-bond acceptors (Lipinski definition) is 4. The number of halogens is 2. The van der Waals surface area contributed by atoms with Gasteiger partial charge in [0, 0.05) is 0 Å². The lowest BCUT2D eigenvalue weighted by Crippen LogP contribution is -2.29. The summed E-state index contributed by atoms with van der Waals surface area (Å²) in [5, 5.41) is 0.140. The zero-order chi connectivity index (χ0) is 14.3. The number of carbonyl (C=O) groups excluding carboxylic acids is 2. The van der Waals surface area contributed by atoms with Gasteiger partial charge in [-0.05, 0) is 29.8 Å². The van der Waals surface area contributed by atoms with Gasteiger partial charge in [-0.3, -0.25) is 14.5 Å². The molecule has 2 aromatic rings. The lowest BCUT2D eigenvalue weighted by atomic mass is 10.1. The molecule has 3 rings (SSSR count). The minimum Gasteiger partial charge on any atom is -0.269 e. The van der Waals surface area contributed by atoms with E-state index in [9.17, 15) is 9.59 Å². The minimum atomic E-state index is -0.351. The number of nitrogens with zero attached hydrogens (tertiary/aromatic N) is 3. The number of benzene rings is 1. The van der Waals surface area contributed by atoms with Crippen LogP contribution in [0.3, 0.4) is 0 Å². The Bertz CT molecular complexity index is 678. The molecular weight excluding hydrogens is 301 g/mol. The van der Waals surface area contributed by atoms with Crippen LogP contribution >= 0.6 is 23.2 Å². The van der Waals surface area contributed by atoms with Crippen LogP contribution in [0.1, 0.15) is 26.4 Å². The highest BCUT2D eigenvalue weighted by Crippen LogP contribution is 2.24. The maximum Gasteiger partial charge on any atom is 0.261 e. The van der Waals surface area contributed by atoms with Crippen molar-refractivity contribution in [2.24, 2.45) is 0 Å². The smallest absolute Gasteiger partial charge is 0.261 e. The molecule has 0 unspecified atom stereocenters. The van der Waals surface area contributed by atoms with Crippen LogP contribution in [0.25, 0.3) is 0 Å². The van der Waals surface area contributed by atoms with Crippen molar-refractivity contribution < 1.29 is 9.59 Å². The summed E-state index contributed by atoms with van der Waals surface area (Å²) in [5.41, 5.74) is 1.19. The van der Waals surface area contributed by atoms with E-state index in [1.54, 1.807) is 24.3 Å². The third-order valence-electron chi connectivity index (χ3n) is 2.92. The fraction of sp³-hybridized carbons (Fsp3) is 0.0769. The molecule has 20 heavy (non-hydrogen) atoms. The van der Waals surface area contributed by atoms with Gasteiger partial charge in [0.25, 0.3) is 11.8 Å². The Morgan fingerprint density at radius 1 is 1.00 bits per heavy atom. The average molecular weight is 308 g/mol. The molecule has 1 aliphatic rings. The maximum atomic E-state index is 12.2. The van der Waals surface area contributed by atoms with E-state index in [-0.39, 0.29) is 28.8 Å². The Labute approximate surface area is 124 Å². The average Bonchev–Trinajstić information content (AvgIpc) is 2.64. The SMILES string of the molecule is O=C1c2ccccc2C(=O)N1Cc1cc(Cl)nc(Cl)n1. The summed E-state index contributed by atoms with van der Waals surface area (Å²) in [6, 6.07) is 8.14. The number of aromatic nitrogens is 2. The highest BCUT2D eigenvalue weighted by molar-refractivity contribution is 6.31. The lowest BCUT2D eigenvalue weighted by Gasteiger charge is -2.13. The van der Waals surface area contributed by atoms with E-state index in [0.29, 0.717) is 16.8 Å². The Hall–Kier alpha value is -1.98. The predicted molar refractivity (Wildman–Crippen MR) is 72.7 cm³/mol. The first-order valence-corrected chi connectivity index (χ1v) is 6.46. The molecule has 0 N–H and O–H groups in total. The van der Waals surface area contributed by atoms with Gasteiger partial charge in [-0.2, -0.15) is 0 Å². The van der Waals surface area contributed by atoms with Crippen LogP contribution in [-0.2, 0) is 6.54 Å². The van der Waals surface area contributed by atoms with Crippen molar-refractivity contribution in [2.45, 2.75) is 6.54 Å². The van der Waals surface area contributed by atoms with Crippen LogP contribution in [0.2, 0.25) is 10.4 Å². The highest BCUT2D eigenvalue weighted by Gasteiger charge is 2.35. The maximum absolute atomic E-state index is 12.2. The normalized spacial score (nSPS) is 13.8. The van der Waals surface area contributed by atoms with Crippen molar-refractivity contribution in [3.8, 4) is 0 Å². The molecule has 7 heteroatoms. The van der Waals surface area contributed by atoms with Crippen molar-refractivity contribution in [2.75, 3.05) is 0 Å². The third kappa shape index (κ3) is 2.15. The van der Waals surface area contributed by atoms with E-state index in [1.807, 2.05) is 0 Å². The zero-order valence-corrected chi connectivity index (χ0v) is 11.5. The molecule has 0 saturated heterocycles. The van der Waals surface area contributed by atoms with Gasteiger partial charge in [-0.15, -0.1) is 0 Å². The van der Waals surface area contributed by atoms with Gasteiger partial charge in [-0.25, -0.2) is 9.97 Å². The quantitative estimate of drug-likeness (QED) is 0.486. The van der Waals surface area contributed by atoms with Crippen LogP contribution in [0.4, 0.5) is 0 Å². The monoisotopic (exact) mass is 307 g/mol. The van der Waals surface area contributed by atoms with E-state index >= 15 is 0 Å². The Kier molecular flexibility index (Phi) is 3.16. The summed E-state index contributed by atoms with van der Waals surface area (Å²) in [5.74, 6) is -0.701. The van der Waals surface area contributed by atoms with Crippen molar-refractivity contribution in [3.63, 3.8) is 0 Å². The number of fused-ring (bicyclic) bond motifs is 1. The van der Waals surface area contributed by atoms with E-state index in [4.69, 9.17) is 23.2 Å². The summed E-state index contributed by atoms with van der Waals surface area (Å²) in [7, 11) is 0. The molecular formula is C13H7Cl2N3O2. The van der Waals surface area contributed by atoms with Crippen LogP contribution < -0.4 is 0 Å². The van der Waals surface area contributed by atoms with Crippen LogP contribution in [0, 0.1) is 0 Å². The van der Waals surface area contributed by atoms with E-state index in [2.05, 4.69) is 9.97 Å². The van der Waals surface area contributed by atoms with E-state index in [1.165, 1.54) is 6.07 Å². The fourth-order valence-corrected chi connectivity index (χ4v) is 2.51. The summed E-state index contributed by atoms with van der Waals surface area (Å²) in [4.78, 5) is 33.1. The second-order valence-electron chi connectivity index (χ2n) is 4.19. The van der Waals surface area contributed by atoms with Crippen LogP contribution in [0.5, 0.6) is 0 Å². The zero-order valence-electron chi connectivity index (χ0n) is 10.0. The molecule has 0 saturated carbocycles. The Morgan fingerprint density at radius 3 is 2.15 bits per heavy atom. The minimum absolute atomic E-state index is 0.00824. The first-order valence-electron chi connectivity index (χ1n) is 5.70. The summed E-state index contributed by atoms with van der Waals surface area (Å²) in [6.45, 7) is 0.00824. The molecule has 1 aliphatic heterocycles. The van der Waals surface area contributed by atoms with Gasteiger partial charge in [-0.1, -0.05) is 23.7 Å². The first kappa shape index (κ1) is 13.0. The molecule has 2 heterocycles. The number of carbonyl (C=O) groups is 2. The van der Waals surface area contributed by atoms with Gasteiger partial charge >= 0.3 is 0 Å². The molecule has 0 fully saturated rings. The van der Waals surface area contributed by atoms with Crippen molar-refractivity contribution in [1.82, 2.24) is 14.9 Å². The standard InChI is InChI=1S/C13H7Cl2N3O2/c14-10-5-7(16-13(15)17-10)6-18-11(19)8-3-1-2-4-9(8)12(18)20/h1-5H,6H2. The molecule has 0 atom stereocenters. The van der Waals surface area contributed by atoms with Gasteiger partial charge in [0.05, 0.1) is 23.4 Å². The molecule has 1 aromatic heterocycles. The summed E-state index contributed by atoms with van der Waals surface area (Å²) in [6.07, 6.45) is 0. The summed E-state index contributed by atoms with van der Waals surface area (Å²) < 4.78 is 0. The topological polar surface area (TPSA) is 63.2 Å². The molecule has 0 radical (unpaired) electrons. The number of rotatable bonds is 2. The third-order valence-corrected chi connectivity index (χ3v) is 3.28. The van der Waals surface area contributed by atoms with Crippen molar-refractivity contribution in [3.05, 3.63) is 57.6 Å². The predicted octanol–water partition coefficient (Wildman–Crippen LogP) is 2.58. The molecule has 1 aromatic carbocycles. The second kappa shape index (κ2) is 4.85. The van der Waals surface area contributed by atoms with Crippen molar-refractivity contribution in [1.29, 1.82) is 0 Å². The molecule has 5 nitrogen and oxygen atoms in total. The number of amides is 2. The molecule has 0 bridgehead atoms. The molecule has 2 amide bonds. The van der Waals surface area contributed by atoms with Gasteiger partial charge in [0.15, 0.2) is 0 Å². The molecule has 0 aliphatic carbocycles.